The Morgan fingerprint density at radius 2 is 1.67 bits per heavy atom. The molecule has 0 aliphatic heterocycles. The summed E-state index contributed by atoms with van der Waals surface area (Å²) in [5.74, 6) is -0.728. The molecule has 3 N–H and O–H groups in total. The standard InChI is InChI=1S/C13H16F3N3O2/c1-8-3-9(2)5-10(4-8)17-6-11(20)19-12(21)18-7-13(14,15)16/h3-5,17H,6-7H2,1-2H3,(H2,18,19,20,21). The van der Waals surface area contributed by atoms with Crippen LogP contribution in [-0.4, -0.2) is 31.2 Å². The first-order valence-corrected chi connectivity index (χ1v) is 6.12. The van der Waals surface area contributed by atoms with E-state index in [1.54, 1.807) is 10.6 Å². The van der Waals surface area contributed by atoms with Crippen LogP contribution >= 0.6 is 0 Å². The Morgan fingerprint density at radius 3 is 2.19 bits per heavy atom. The van der Waals surface area contributed by atoms with Crippen molar-refractivity contribution in [1.29, 1.82) is 0 Å². The van der Waals surface area contributed by atoms with E-state index in [4.69, 9.17) is 0 Å². The molecular weight excluding hydrogens is 287 g/mol. The van der Waals surface area contributed by atoms with Crippen molar-refractivity contribution in [1.82, 2.24) is 10.6 Å². The third-order valence-corrected chi connectivity index (χ3v) is 2.38. The van der Waals surface area contributed by atoms with Gasteiger partial charge < -0.3 is 10.6 Å². The lowest BCUT2D eigenvalue weighted by Crippen LogP contribution is -2.45. The van der Waals surface area contributed by atoms with Crippen molar-refractivity contribution in [2.75, 3.05) is 18.4 Å². The van der Waals surface area contributed by atoms with Crippen molar-refractivity contribution in [2.45, 2.75) is 20.0 Å². The average molecular weight is 303 g/mol. The Balaban J connectivity index is 2.38. The molecule has 1 aromatic carbocycles. The molecule has 116 valence electrons. The van der Waals surface area contributed by atoms with E-state index in [0.717, 1.165) is 11.1 Å². The van der Waals surface area contributed by atoms with Crippen LogP contribution in [0.1, 0.15) is 11.1 Å². The highest BCUT2D eigenvalue weighted by Gasteiger charge is 2.27. The minimum absolute atomic E-state index is 0.220. The molecule has 1 aromatic rings. The molecule has 0 aliphatic carbocycles. The smallest absolute Gasteiger partial charge is 0.376 e. The minimum atomic E-state index is -4.52. The summed E-state index contributed by atoms with van der Waals surface area (Å²) in [5.41, 5.74) is 2.69. The Bertz CT molecular complexity index is 510. The molecule has 0 saturated carbocycles. The Kier molecular flexibility index (Phi) is 5.57. The van der Waals surface area contributed by atoms with Crippen LogP contribution < -0.4 is 16.0 Å². The largest absolute Gasteiger partial charge is 0.405 e. The van der Waals surface area contributed by atoms with E-state index in [2.05, 4.69) is 5.32 Å². The summed E-state index contributed by atoms with van der Waals surface area (Å²) in [4.78, 5) is 22.5. The topological polar surface area (TPSA) is 70.2 Å². The predicted molar refractivity (Wildman–Crippen MR) is 72.0 cm³/mol. The van der Waals surface area contributed by atoms with Gasteiger partial charge in [0.1, 0.15) is 6.54 Å². The summed E-state index contributed by atoms with van der Waals surface area (Å²) >= 11 is 0. The van der Waals surface area contributed by atoms with Crippen molar-refractivity contribution < 1.29 is 22.8 Å². The molecule has 0 spiro atoms. The molecule has 0 saturated heterocycles. The average Bonchev–Trinajstić information content (AvgIpc) is 2.32. The first kappa shape index (κ1) is 16.8. The molecular formula is C13H16F3N3O2. The maximum atomic E-state index is 11.9. The van der Waals surface area contributed by atoms with Crippen LogP contribution in [0.4, 0.5) is 23.7 Å². The van der Waals surface area contributed by atoms with Crippen LogP contribution in [0.15, 0.2) is 18.2 Å². The van der Waals surface area contributed by atoms with Gasteiger partial charge in [-0.1, -0.05) is 6.07 Å². The highest BCUT2D eigenvalue weighted by atomic mass is 19.4. The van der Waals surface area contributed by atoms with Crippen LogP contribution in [0, 0.1) is 13.8 Å². The van der Waals surface area contributed by atoms with E-state index in [0.29, 0.717) is 5.69 Å². The second kappa shape index (κ2) is 6.96. The van der Waals surface area contributed by atoms with Crippen molar-refractivity contribution in [2.24, 2.45) is 0 Å². The molecule has 0 atom stereocenters. The number of aryl methyl sites for hydroxylation is 2. The number of alkyl halides is 3. The molecule has 0 bridgehead atoms. The third-order valence-electron chi connectivity index (χ3n) is 2.38. The second-order valence-corrected chi connectivity index (χ2v) is 4.58. The number of nitrogens with one attached hydrogen (secondary N) is 3. The lowest BCUT2D eigenvalue weighted by Gasteiger charge is -2.10. The third kappa shape index (κ3) is 7.19. The molecule has 0 heterocycles. The van der Waals surface area contributed by atoms with Gasteiger partial charge in [0.25, 0.3) is 0 Å². The number of carbonyl (C=O) groups excluding carboxylic acids is 2. The molecule has 0 aromatic heterocycles. The van der Waals surface area contributed by atoms with Crippen LogP contribution in [0.3, 0.4) is 0 Å². The molecule has 0 unspecified atom stereocenters. The highest BCUT2D eigenvalue weighted by Crippen LogP contribution is 2.13. The number of anilines is 1. The molecule has 8 heteroatoms. The number of hydrogen-bond acceptors (Lipinski definition) is 3. The van der Waals surface area contributed by atoms with Gasteiger partial charge in [-0.2, -0.15) is 13.2 Å². The maximum Gasteiger partial charge on any atom is 0.405 e. The van der Waals surface area contributed by atoms with Crippen LogP contribution in [-0.2, 0) is 4.79 Å². The number of amides is 3. The van der Waals surface area contributed by atoms with E-state index in [-0.39, 0.29) is 6.54 Å². The van der Waals surface area contributed by atoms with Crippen LogP contribution in [0.25, 0.3) is 0 Å². The van der Waals surface area contributed by atoms with Crippen LogP contribution in [0.2, 0.25) is 0 Å². The molecule has 0 fully saturated rings. The van der Waals surface area contributed by atoms with Crippen molar-refractivity contribution in [3.05, 3.63) is 29.3 Å². The predicted octanol–water partition coefficient (Wildman–Crippen LogP) is 2.10. The molecule has 0 aliphatic rings. The SMILES string of the molecule is Cc1cc(C)cc(NCC(=O)NC(=O)NCC(F)(F)F)c1. The number of benzene rings is 1. The van der Waals surface area contributed by atoms with E-state index < -0.39 is 24.7 Å². The van der Waals surface area contributed by atoms with Gasteiger partial charge >= 0.3 is 12.2 Å². The highest BCUT2D eigenvalue weighted by molar-refractivity contribution is 5.96. The van der Waals surface area contributed by atoms with E-state index in [1.165, 1.54) is 0 Å². The molecule has 5 nitrogen and oxygen atoms in total. The summed E-state index contributed by atoms with van der Waals surface area (Å²) in [6, 6.07) is 4.39. The van der Waals surface area contributed by atoms with Gasteiger partial charge in [-0.25, -0.2) is 4.79 Å². The van der Waals surface area contributed by atoms with Crippen molar-refractivity contribution >= 4 is 17.6 Å². The number of hydrogen-bond donors (Lipinski definition) is 3. The summed E-state index contributed by atoms with van der Waals surface area (Å²) in [5, 5.41) is 6.14. The van der Waals surface area contributed by atoms with E-state index in [9.17, 15) is 22.8 Å². The Labute approximate surface area is 119 Å². The molecule has 21 heavy (non-hydrogen) atoms. The summed E-state index contributed by atoms with van der Waals surface area (Å²) in [6.45, 7) is 2.07. The monoisotopic (exact) mass is 303 g/mol. The molecule has 1 rings (SSSR count). The van der Waals surface area contributed by atoms with E-state index in [1.807, 2.05) is 32.0 Å². The molecule has 3 amide bonds. The fraction of sp³-hybridized carbons (Fsp3) is 0.385. The van der Waals surface area contributed by atoms with Gasteiger partial charge in [0.15, 0.2) is 0 Å². The molecule has 0 radical (unpaired) electrons. The van der Waals surface area contributed by atoms with E-state index >= 15 is 0 Å². The lowest BCUT2D eigenvalue weighted by molar-refractivity contribution is -0.124. The summed E-state index contributed by atoms with van der Waals surface area (Å²) in [6.07, 6.45) is -4.52. The van der Waals surface area contributed by atoms with Gasteiger partial charge in [-0.15, -0.1) is 0 Å². The number of halogens is 3. The van der Waals surface area contributed by atoms with Crippen molar-refractivity contribution in [3.63, 3.8) is 0 Å². The zero-order valence-corrected chi connectivity index (χ0v) is 11.6. The van der Waals surface area contributed by atoms with Crippen LogP contribution in [0.5, 0.6) is 0 Å². The normalized spacial score (nSPS) is 10.9. The zero-order valence-electron chi connectivity index (χ0n) is 11.6. The van der Waals surface area contributed by atoms with Gasteiger partial charge in [-0.05, 0) is 37.1 Å². The first-order valence-electron chi connectivity index (χ1n) is 6.12. The zero-order chi connectivity index (χ0) is 16.0. The summed E-state index contributed by atoms with van der Waals surface area (Å²) < 4.78 is 35.6. The van der Waals surface area contributed by atoms with Gasteiger partial charge in [0.2, 0.25) is 5.91 Å². The van der Waals surface area contributed by atoms with Crippen molar-refractivity contribution in [3.8, 4) is 0 Å². The maximum absolute atomic E-state index is 11.9. The second-order valence-electron chi connectivity index (χ2n) is 4.58. The fourth-order valence-corrected chi connectivity index (χ4v) is 1.65. The van der Waals surface area contributed by atoms with Gasteiger partial charge in [0.05, 0.1) is 6.54 Å². The minimum Gasteiger partial charge on any atom is -0.376 e. The quantitative estimate of drug-likeness (QED) is 0.798. The Hall–Kier alpha value is -2.25. The summed E-state index contributed by atoms with van der Waals surface area (Å²) in [7, 11) is 0. The Morgan fingerprint density at radius 1 is 1.10 bits per heavy atom. The number of carbonyl (C=O) groups is 2. The first-order chi connectivity index (χ1) is 9.65. The van der Waals surface area contributed by atoms with Gasteiger partial charge in [-0.3, -0.25) is 10.1 Å². The number of urea groups is 1. The van der Waals surface area contributed by atoms with Gasteiger partial charge in [0, 0.05) is 5.69 Å². The number of rotatable bonds is 4. The number of imide groups is 1. The fourth-order valence-electron chi connectivity index (χ4n) is 1.65. The lowest BCUT2D eigenvalue weighted by atomic mass is 10.1.